The third kappa shape index (κ3) is 5.05. The topological polar surface area (TPSA) is 70.1 Å². The van der Waals surface area contributed by atoms with Crippen molar-refractivity contribution in [2.75, 3.05) is 39.4 Å². The predicted molar refractivity (Wildman–Crippen MR) is 128 cm³/mol. The number of hydrogen-bond donors (Lipinski definition) is 1. The fraction of sp³-hybridized carbons (Fsp3) is 0.407. The molecule has 1 atom stereocenters. The number of rotatable bonds is 7. The number of ether oxygens (including phenoxy) is 1. The summed E-state index contributed by atoms with van der Waals surface area (Å²) >= 11 is 0. The number of carbonyl (C=O) groups is 2. The second kappa shape index (κ2) is 10.5. The molecule has 2 aliphatic rings. The quantitative estimate of drug-likeness (QED) is 0.378. The number of morpholine rings is 1. The van der Waals surface area contributed by atoms with E-state index in [9.17, 15) is 19.1 Å². The zero-order valence-electron chi connectivity index (χ0n) is 19.7. The van der Waals surface area contributed by atoms with E-state index in [1.165, 1.54) is 24.3 Å². The molecule has 2 aliphatic heterocycles. The molecule has 7 heteroatoms. The lowest BCUT2D eigenvalue weighted by Crippen LogP contribution is -2.38. The molecule has 4 rings (SSSR count). The van der Waals surface area contributed by atoms with Crippen molar-refractivity contribution < 1.29 is 23.8 Å². The number of aliphatic hydroxyl groups is 1. The molecule has 0 unspecified atom stereocenters. The van der Waals surface area contributed by atoms with E-state index >= 15 is 0 Å². The third-order valence-electron chi connectivity index (χ3n) is 6.55. The van der Waals surface area contributed by atoms with Crippen molar-refractivity contribution in [3.63, 3.8) is 0 Å². The summed E-state index contributed by atoms with van der Waals surface area (Å²) in [5.41, 5.74) is 2.25. The molecule has 2 fully saturated rings. The van der Waals surface area contributed by atoms with Gasteiger partial charge in [-0.1, -0.05) is 38.1 Å². The number of amides is 1. The van der Waals surface area contributed by atoms with E-state index in [0.29, 0.717) is 37.7 Å². The Hall–Kier alpha value is -3.03. The molecule has 0 aliphatic carbocycles. The van der Waals surface area contributed by atoms with E-state index in [1.54, 1.807) is 4.90 Å². The summed E-state index contributed by atoms with van der Waals surface area (Å²) in [6.45, 7) is 8.48. The van der Waals surface area contributed by atoms with Crippen molar-refractivity contribution in [1.82, 2.24) is 9.80 Å². The number of halogens is 1. The summed E-state index contributed by atoms with van der Waals surface area (Å²) in [6.07, 6.45) is 0.699. The van der Waals surface area contributed by atoms with Crippen LogP contribution in [-0.4, -0.2) is 66.0 Å². The molecular weight excluding hydrogens is 435 g/mol. The monoisotopic (exact) mass is 466 g/mol. The van der Waals surface area contributed by atoms with Crippen molar-refractivity contribution in [3.8, 4) is 0 Å². The van der Waals surface area contributed by atoms with Crippen LogP contribution < -0.4 is 0 Å². The van der Waals surface area contributed by atoms with Crippen molar-refractivity contribution in [2.24, 2.45) is 0 Å². The SMILES string of the molecule is CC(C)c1ccc([C@@H]2C(=C(O)c3ccc(F)cc3)C(=O)C(=O)N2CCCN2CCOCC2)cc1. The van der Waals surface area contributed by atoms with Crippen molar-refractivity contribution in [2.45, 2.75) is 32.2 Å². The molecule has 0 radical (unpaired) electrons. The number of hydrogen-bond acceptors (Lipinski definition) is 5. The van der Waals surface area contributed by atoms with Gasteiger partial charge in [-0.3, -0.25) is 14.5 Å². The number of carbonyl (C=O) groups excluding carboxylic acids is 2. The Morgan fingerprint density at radius 2 is 1.68 bits per heavy atom. The summed E-state index contributed by atoms with van der Waals surface area (Å²) in [5.74, 6) is -1.73. The van der Waals surface area contributed by atoms with Crippen molar-refractivity contribution in [1.29, 1.82) is 0 Å². The van der Waals surface area contributed by atoms with Crippen LogP contribution in [0.5, 0.6) is 0 Å². The minimum atomic E-state index is -0.717. The fourth-order valence-corrected chi connectivity index (χ4v) is 4.57. The fourth-order valence-electron chi connectivity index (χ4n) is 4.57. The number of nitrogens with zero attached hydrogens (tertiary/aromatic N) is 2. The number of ketones is 1. The summed E-state index contributed by atoms with van der Waals surface area (Å²) < 4.78 is 18.8. The van der Waals surface area contributed by atoms with E-state index in [4.69, 9.17) is 4.74 Å². The Kier molecular flexibility index (Phi) is 7.44. The van der Waals surface area contributed by atoms with Crippen LogP contribution in [0, 0.1) is 5.82 Å². The van der Waals surface area contributed by atoms with Gasteiger partial charge in [0, 0.05) is 31.7 Å². The highest BCUT2D eigenvalue weighted by Gasteiger charge is 2.45. The molecular formula is C27H31FN2O4. The van der Waals surface area contributed by atoms with Gasteiger partial charge in [-0.15, -0.1) is 0 Å². The summed E-state index contributed by atoms with van der Waals surface area (Å²) in [6, 6.07) is 12.4. The minimum Gasteiger partial charge on any atom is -0.507 e. The summed E-state index contributed by atoms with van der Waals surface area (Å²) in [5, 5.41) is 11.1. The number of benzene rings is 2. The molecule has 0 saturated carbocycles. The molecule has 34 heavy (non-hydrogen) atoms. The zero-order chi connectivity index (χ0) is 24.2. The number of Topliss-reactive ketones (excluding diaryl/α,β-unsaturated/α-hetero) is 1. The van der Waals surface area contributed by atoms with Crippen LogP contribution in [-0.2, 0) is 14.3 Å². The van der Waals surface area contributed by atoms with Gasteiger partial charge in [-0.25, -0.2) is 4.39 Å². The van der Waals surface area contributed by atoms with Crippen LogP contribution in [0.3, 0.4) is 0 Å². The minimum absolute atomic E-state index is 0.0419. The Balaban J connectivity index is 1.67. The predicted octanol–water partition coefficient (Wildman–Crippen LogP) is 4.09. The summed E-state index contributed by atoms with van der Waals surface area (Å²) in [4.78, 5) is 30.0. The highest BCUT2D eigenvalue weighted by Crippen LogP contribution is 2.39. The smallest absolute Gasteiger partial charge is 0.295 e. The van der Waals surface area contributed by atoms with Gasteiger partial charge in [0.2, 0.25) is 0 Å². The van der Waals surface area contributed by atoms with Crippen molar-refractivity contribution >= 4 is 17.4 Å². The Bertz CT molecular complexity index is 1060. The molecule has 0 bridgehead atoms. The maximum absolute atomic E-state index is 13.4. The Morgan fingerprint density at radius 3 is 2.29 bits per heavy atom. The first-order valence-corrected chi connectivity index (χ1v) is 11.8. The number of aliphatic hydroxyl groups excluding tert-OH is 1. The van der Waals surface area contributed by atoms with E-state index in [-0.39, 0.29) is 11.3 Å². The lowest BCUT2D eigenvalue weighted by atomic mass is 9.93. The Labute approximate surface area is 199 Å². The van der Waals surface area contributed by atoms with Gasteiger partial charge in [-0.05, 0) is 47.7 Å². The number of likely N-dealkylation sites (tertiary alicyclic amines) is 1. The molecule has 180 valence electrons. The standard InChI is InChI=1S/C27H31FN2O4/c1-18(2)19-4-6-20(7-5-19)24-23(25(31)21-8-10-22(28)11-9-21)26(32)27(33)30(24)13-3-12-29-14-16-34-17-15-29/h4-11,18,24,31H,3,12-17H2,1-2H3/t24-/m1/s1. The van der Waals surface area contributed by atoms with Crippen LogP contribution in [0.25, 0.3) is 5.76 Å². The van der Waals surface area contributed by atoms with Crippen LogP contribution >= 0.6 is 0 Å². The highest BCUT2D eigenvalue weighted by molar-refractivity contribution is 6.46. The molecule has 2 aromatic carbocycles. The van der Waals surface area contributed by atoms with E-state index in [2.05, 4.69) is 18.7 Å². The summed E-state index contributed by atoms with van der Waals surface area (Å²) in [7, 11) is 0. The largest absolute Gasteiger partial charge is 0.507 e. The van der Waals surface area contributed by atoms with Crippen LogP contribution in [0.1, 0.15) is 48.9 Å². The van der Waals surface area contributed by atoms with Gasteiger partial charge in [0.05, 0.1) is 24.8 Å². The molecule has 6 nitrogen and oxygen atoms in total. The molecule has 0 aromatic heterocycles. The van der Waals surface area contributed by atoms with Gasteiger partial charge in [0.25, 0.3) is 11.7 Å². The first kappa shape index (κ1) is 24.1. The van der Waals surface area contributed by atoms with Gasteiger partial charge in [-0.2, -0.15) is 0 Å². The van der Waals surface area contributed by atoms with Crippen molar-refractivity contribution in [3.05, 3.63) is 76.6 Å². The maximum Gasteiger partial charge on any atom is 0.295 e. The second-order valence-electron chi connectivity index (χ2n) is 9.13. The third-order valence-corrected chi connectivity index (χ3v) is 6.55. The molecule has 1 amide bonds. The van der Waals surface area contributed by atoms with Crippen LogP contribution in [0.4, 0.5) is 4.39 Å². The van der Waals surface area contributed by atoms with E-state index < -0.39 is 23.5 Å². The zero-order valence-corrected chi connectivity index (χ0v) is 19.7. The first-order valence-electron chi connectivity index (χ1n) is 11.8. The normalized spacial score (nSPS) is 20.9. The highest BCUT2D eigenvalue weighted by atomic mass is 19.1. The molecule has 1 N–H and O–H groups in total. The van der Waals surface area contributed by atoms with Gasteiger partial charge in [0.1, 0.15) is 11.6 Å². The average molecular weight is 467 g/mol. The molecule has 2 heterocycles. The van der Waals surface area contributed by atoms with Gasteiger partial charge < -0.3 is 14.7 Å². The van der Waals surface area contributed by atoms with Gasteiger partial charge >= 0.3 is 0 Å². The first-order chi connectivity index (χ1) is 16.4. The van der Waals surface area contributed by atoms with E-state index in [1.807, 2.05) is 24.3 Å². The van der Waals surface area contributed by atoms with Crippen LogP contribution in [0.15, 0.2) is 54.1 Å². The average Bonchev–Trinajstić information content (AvgIpc) is 3.10. The maximum atomic E-state index is 13.4. The molecule has 0 spiro atoms. The van der Waals surface area contributed by atoms with Crippen LogP contribution in [0.2, 0.25) is 0 Å². The molecule has 2 aromatic rings. The molecule has 2 saturated heterocycles. The van der Waals surface area contributed by atoms with Gasteiger partial charge in [0.15, 0.2) is 0 Å². The van der Waals surface area contributed by atoms with E-state index in [0.717, 1.165) is 30.8 Å². The lowest BCUT2D eigenvalue weighted by molar-refractivity contribution is -0.140. The lowest BCUT2D eigenvalue weighted by Gasteiger charge is -2.29. The second-order valence-corrected chi connectivity index (χ2v) is 9.13. The Morgan fingerprint density at radius 1 is 1.03 bits per heavy atom.